The van der Waals surface area contributed by atoms with E-state index in [0.717, 1.165) is 25.9 Å². The first kappa shape index (κ1) is 14.1. The zero-order valence-corrected chi connectivity index (χ0v) is 11.4. The third kappa shape index (κ3) is 3.59. The van der Waals surface area contributed by atoms with E-state index in [1.54, 1.807) is 12.1 Å². The van der Waals surface area contributed by atoms with Gasteiger partial charge < -0.3 is 15.8 Å². The van der Waals surface area contributed by atoms with Crippen LogP contribution in [0.5, 0.6) is 0 Å². The van der Waals surface area contributed by atoms with Crippen LogP contribution in [0.3, 0.4) is 0 Å². The predicted molar refractivity (Wildman–Crippen MR) is 74.3 cm³/mol. The van der Waals surface area contributed by atoms with Crippen molar-refractivity contribution in [2.45, 2.75) is 30.3 Å². The van der Waals surface area contributed by atoms with E-state index in [1.165, 1.54) is 6.07 Å². The Balaban J connectivity index is 2.08. The Labute approximate surface area is 113 Å². The molecule has 1 unspecified atom stereocenters. The molecule has 1 aromatic rings. The molecule has 0 radical (unpaired) electrons. The minimum absolute atomic E-state index is 0.0536. The second kappa shape index (κ2) is 5.77. The molecule has 1 atom stereocenters. The standard InChI is InChI=1S/C12H19N3O3S/c13-12-10(5-3-6-11(12)19(14,16)17)15-8-9-4-1-2-7-18-9/h3,5-6,9,15H,1-2,4,7-8,13H2,(H2,14,16,17). The Morgan fingerprint density at radius 1 is 1.37 bits per heavy atom. The molecule has 1 fully saturated rings. The average Bonchev–Trinajstić information content (AvgIpc) is 2.37. The lowest BCUT2D eigenvalue weighted by Gasteiger charge is -2.23. The molecule has 0 amide bonds. The summed E-state index contributed by atoms with van der Waals surface area (Å²) in [4.78, 5) is -0.0536. The van der Waals surface area contributed by atoms with Crippen LogP contribution in [0.25, 0.3) is 0 Å². The highest BCUT2D eigenvalue weighted by atomic mass is 32.2. The predicted octanol–water partition coefficient (Wildman–Crippen LogP) is 0.897. The second-order valence-corrected chi connectivity index (χ2v) is 6.16. The number of sulfonamides is 1. The largest absolute Gasteiger partial charge is 0.396 e. The summed E-state index contributed by atoms with van der Waals surface area (Å²) in [6.07, 6.45) is 3.40. The normalized spacial score (nSPS) is 20.2. The highest BCUT2D eigenvalue weighted by Crippen LogP contribution is 2.26. The number of nitrogen functional groups attached to an aromatic ring is 1. The van der Waals surface area contributed by atoms with Gasteiger partial charge in [0.25, 0.3) is 0 Å². The number of ether oxygens (including phenoxy) is 1. The van der Waals surface area contributed by atoms with Crippen LogP contribution < -0.4 is 16.2 Å². The maximum atomic E-state index is 11.4. The summed E-state index contributed by atoms with van der Waals surface area (Å²) in [6.45, 7) is 1.39. The van der Waals surface area contributed by atoms with Gasteiger partial charge in [0.15, 0.2) is 0 Å². The zero-order chi connectivity index (χ0) is 13.9. The van der Waals surface area contributed by atoms with Crippen molar-refractivity contribution in [3.8, 4) is 0 Å². The fourth-order valence-corrected chi connectivity index (χ4v) is 2.82. The minimum atomic E-state index is -3.80. The number of para-hydroxylation sites is 1. The zero-order valence-electron chi connectivity index (χ0n) is 10.6. The highest BCUT2D eigenvalue weighted by molar-refractivity contribution is 7.89. The molecule has 2 rings (SSSR count). The van der Waals surface area contributed by atoms with Gasteiger partial charge in [0.1, 0.15) is 4.90 Å². The van der Waals surface area contributed by atoms with E-state index in [-0.39, 0.29) is 16.7 Å². The number of primary sulfonamides is 1. The maximum Gasteiger partial charge on any atom is 0.240 e. The van der Waals surface area contributed by atoms with Crippen LogP contribution in [0.4, 0.5) is 11.4 Å². The second-order valence-electron chi connectivity index (χ2n) is 4.63. The van der Waals surface area contributed by atoms with Gasteiger partial charge in [-0.3, -0.25) is 0 Å². The molecule has 6 nitrogen and oxygen atoms in total. The first-order valence-electron chi connectivity index (χ1n) is 6.25. The molecule has 106 valence electrons. The van der Waals surface area contributed by atoms with E-state index in [2.05, 4.69) is 5.32 Å². The lowest BCUT2D eigenvalue weighted by Crippen LogP contribution is -2.27. The number of benzene rings is 1. The van der Waals surface area contributed by atoms with E-state index in [0.29, 0.717) is 12.2 Å². The summed E-state index contributed by atoms with van der Waals surface area (Å²) in [7, 11) is -3.80. The lowest BCUT2D eigenvalue weighted by molar-refractivity contribution is 0.0248. The van der Waals surface area contributed by atoms with Crippen molar-refractivity contribution in [1.82, 2.24) is 0 Å². The van der Waals surface area contributed by atoms with Crippen molar-refractivity contribution >= 4 is 21.4 Å². The molecule has 1 aliphatic rings. The monoisotopic (exact) mass is 285 g/mol. The van der Waals surface area contributed by atoms with Crippen molar-refractivity contribution in [2.24, 2.45) is 5.14 Å². The third-order valence-electron chi connectivity index (χ3n) is 3.17. The molecule has 1 saturated heterocycles. The Kier molecular flexibility index (Phi) is 4.28. The van der Waals surface area contributed by atoms with Gasteiger partial charge in [0.05, 0.1) is 17.5 Å². The quantitative estimate of drug-likeness (QED) is 0.712. The van der Waals surface area contributed by atoms with Crippen LogP contribution >= 0.6 is 0 Å². The van der Waals surface area contributed by atoms with Crippen LogP contribution in [0.15, 0.2) is 23.1 Å². The molecular weight excluding hydrogens is 266 g/mol. The summed E-state index contributed by atoms with van der Waals surface area (Å²) < 4.78 is 28.3. The van der Waals surface area contributed by atoms with E-state index < -0.39 is 10.0 Å². The van der Waals surface area contributed by atoms with Crippen LogP contribution in [-0.2, 0) is 14.8 Å². The van der Waals surface area contributed by atoms with Gasteiger partial charge >= 0.3 is 0 Å². The number of hydrogen-bond donors (Lipinski definition) is 3. The van der Waals surface area contributed by atoms with Crippen LogP contribution in [-0.4, -0.2) is 27.7 Å². The van der Waals surface area contributed by atoms with Crippen molar-refractivity contribution < 1.29 is 13.2 Å². The molecule has 1 heterocycles. The number of rotatable bonds is 4. The van der Waals surface area contributed by atoms with E-state index in [4.69, 9.17) is 15.6 Å². The molecule has 0 bridgehead atoms. The Bertz CT molecular complexity index is 539. The van der Waals surface area contributed by atoms with Gasteiger partial charge in [-0.1, -0.05) is 6.07 Å². The fourth-order valence-electron chi connectivity index (χ4n) is 2.14. The lowest BCUT2D eigenvalue weighted by atomic mass is 10.1. The van der Waals surface area contributed by atoms with Crippen molar-refractivity contribution in [2.75, 3.05) is 24.2 Å². The minimum Gasteiger partial charge on any atom is -0.396 e. The van der Waals surface area contributed by atoms with E-state index in [1.807, 2.05) is 0 Å². The summed E-state index contributed by atoms with van der Waals surface area (Å²) in [5.41, 5.74) is 6.55. The number of hydrogen-bond acceptors (Lipinski definition) is 5. The molecular formula is C12H19N3O3S. The maximum absolute atomic E-state index is 11.4. The van der Waals surface area contributed by atoms with E-state index >= 15 is 0 Å². The van der Waals surface area contributed by atoms with Crippen molar-refractivity contribution in [1.29, 1.82) is 0 Å². The van der Waals surface area contributed by atoms with Crippen LogP contribution in [0.1, 0.15) is 19.3 Å². The molecule has 19 heavy (non-hydrogen) atoms. The molecule has 0 saturated carbocycles. The molecule has 1 aromatic carbocycles. The number of anilines is 2. The molecule has 0 aromatic heterocycles. The third-order valence-corrected chi connectivity index (χ3v) is 4.14. The fraction of sp³-hybridized carbons (Fsp3) is 0.500. The molecule has 7 heteroatoms. The summed E-state index contributed by atoms with van der Waals surface area (Å²) >= 11 is 0. The molecule has 0 aliphatic carbocycles. The number of nitrogens with two attached hydrogens (primary N) is 2. The summed E-state index contributed by atoms with van der Waals surface area (Å²) in [6, 6.07) is 4.74. The topological polar surface area (TPSA) is 107 Å². The smallest absolute Gasteiger partial charge is 0.240 e. The average molecular weight is 285 g/mol. The van der Waals surface area contributed by atoms with Gasteiger partial charge in [-0.05, 0) is 31.4 Å². The Morgan fingerprint density at radius 2 is 2.16 bits per heavy atom. The molecule has 1 aliphatic heterocycles. The first-order chi connectivity index (χ1) is 8.98. The number of nitrogens with one attached hydrogen (secondary N) is 1. The van der Waals surface area contributed by atoms with Gasteiger partial charge in [-0.2, -0.15) is 0 Å². The van der Waals surface area contributed by atoms with Crippen molar-refractivity contribution in [3.63, 3.8) is 0 Å². The van der Waals surface area contributed by atoms with Gasteiger partial charge in [0.2, 0.25) is 10.0 Å². The van der Waals surface area contributed by atoms with Gasteiger partial charge in [-0.15, -0.1) is 0 Å². The van der Waals surface area contributed by atoms with Gasteiger partial charge in [-0.25, -0.2) is 13.6 Å². The van der Waals surface area contributed by atoms with Gasteiger partial charge in [0, 0.05) is 13.2 Å². The first-order valence-corrected chi connectivity index (χ1v) is 7.80. The summed E-state index contributed by atoms with van der Waals surface area (Å²) in [5.74, 6) is 0. The molecule has 5 N–H and O–H groups in total. The highest BCUT2D eigenvalue weighted by Gasteiger charge is 2.17. The van der Waals surface area contributed by atoms with Crippen LogP contribution in [0.2, 0.25) is 0 Å². The SMILES string of the molecule is Nc1c(NCC2CCCCO2)cccc1S(N)(=O)=O. The molecule has 0 spiro atoms. The van der Waals surface area contributed by atoms with E-state index in [9.17, 15) is 8.42 Å². The van der Waals surface area contributed by atoms with Crippen molar-refractivity contribution in [3.05, 3.63) is 18.2 Å². The Hall–Kier alpha value is -1.31. The van der Waals surface area contributed by atoms with Crippen LogP contribution in [0, 0.1) is 0 Å². The Morgan fingerprint density at radius 3 is 2.79 bits per heavy atom. The summed E-state index contributed by atoms with van der Waals surface area (Å²) in [5, 5.41) is 8.23.